The zero-order valence-corrected chi connectivity index (χ0v) is 24.4. The standard InChI is InChI=1S/C18H17N3O22S3/c22-9-1-6(44(32,33)34)14(27)19(9)41-12(25)4-18(31,17(30)43-21-11(24)3-8(16(21)29)46(38,39)40)5-13(26)42-20-10(23)2-7(15(20)28)45(35,36)37/h6-8,31H,1-5H2,(H,32,33,34)(H,35,36,37)(H,38,39,40). The van der Waals surface area contributed by atoms with E-state index in [-0.39, 0.29) is 0 Å². The van der Waals surface area contributed by atoms with Crippen LogP contribution >= 0.6 is 0 Å². The van der Waals surface area contributed by atoms with E-state index in [4.69, 9.17) is 13.7 Å². The molecule has 0 spiro atoms. The van der Waals surface area contributed by atoms with Gasteiger partial charge in [-0.1, -0.05) is 0 Å². The van der Waals surface area contributed by atoms with Gasteiger partial charge in [0.2, 0.25) is 0 Å². The summed E-state index contributed by atoms with van der Waals surface area (Å²) >= 11 is 0. The molecule has 46 heavy (non-hydrogen) atoms. The number of amides is 6. The van der Waals surface area contributed by atoms with Crippen LogP contribution in [0.5, 0.6) is 0 Å². The number of hydroxylamine groups is 6. The van der Waals surface area contributed by atoms with Crippen LogP contribution in [0.1, 0.15) is 32.1 Å². The molecule has 3 aliphatic heterocycles. The zero-order chi connectivity index (χ0) is 35.3. The van der Waals surface area contributed by atoms with Gasteiger partial charge in [0.25, 0.3) is 65.8 Å². The summed E-state index contributed by atoms with van der Waals surface area (Å²) in [7, 11) is -15.7. The van der Waals surface area contributed by atoms with Crippen molar-refractivity contribution in [2.45, 2.75) is 53.5 Å². The molecule has 25 nitrogen and oxygen atoms in total. The van der Waals surface area contributed by atoms with Gasteiger partial charge >= 0.3 is 17.9 Å². The molecule has 4 N–H and O–H groups in total. The first-order valence-corrected chi connectivity index (χ1v) is 16.1. The van der Waals surface area contributed by atoms with E-state index >= 15 is 0 Å². The highest BCUT2D eigenvalue weighted by Gasteiger charge is 2.54. The Hall–Kier alpha value is -4.48. The molecule has 0 saturated carbocycles. The van der Waals surface area contributed by atoms with Gasteiger partial charge < -0.3 is 19.6 Å². The van der Waals surface area contributed by atoms with Gasteiger partial charge in [-0.3, -0.25) is 42.4 Å². The molecule has 6 amide bonds. The molecule has 28 heteroatoms. The first-order valence-electron chi connectivity index (χ1n) is 11.6. The van der Waals surface area contributed by atoms with Crippen molar-refractivity contribution in [3.05, 3.63) is 0 Å². The second kappa shape index (κ2) is 12.0. The lowest BCUT2D eigenvalue weighted by Crippen LogP contribution is -2.50. The maximum absolute atomic E-state index is 12.9. The largest absolute Gasteiger partial charge is 0.377 e. The Morgan fingerprint density at radius 2 is 0.848 bits per heavy atom. The first-order chi connectivity index (χ1) is 20.8. The van der Waals surface area contributed by atoms with Crippen molar-refractivity contribution >= 4 is 83.7 Å². The van der Waals surface area contributed by atoms with E-state index in [0.29, 0.717) is 0 Å². The molecule has 3 heterocycles. The fourth-order valence-corrected chi connectivity index (χ4v) is 5.97. The molecule has 254 valence electrons. The van der Waals surface area contributed by atoms with Crippen molar-refractivity contribution < 1.29 is 102 Å². The lowest BCUT2D eigenvalue weighted by molar-refractivity contribution is -0.220. The third kappa shape index (κ3) is 7.32. The molecule has 3 saturated heterocycles. The summed E-state index contributed by atoms with van der Waals surface area (Å²) in [5, 5.41) is 1.85. The Labute approximate surface area is 254 Å². The molecule has 3 atom stereocenters. The van der Waals surface area contributed by atoms with Crippen molar-refractivity contribution in [2.75, 3.05) is 0 Å². The minimum atomic E-state index is -5.28. The number of rotatable bonds is 11. The molecule has 0 radical (unpaired) electrons. The van der Waals surface area contributed by atoms with Crippen molar-refractivity contribution in [3.63, 3.8) is 0 Å². The van der Waals surface area contributed by atoms with Crippen LogP contribution in [0.15, 0.2) is 0 Å². The van der Waals surface area contributed by atoms with Gasteiger partial charge in [0.1, 0.15) is 0 Å². The van der Waals surface area contributed by atoms with E-state index in [1.165, 1.54) is 0 Å². The SMILES string of the molecule is O=C(CC(O)(CC(=O)ON1C(=O)CC(S(=O)(=O)O)C1=O)C(=O)ON1C(=O)CC(S(=O)(=O)O)C1=O)ON1C(=O)CC(S(=O)(=O)O)C1=O. The van der Waals surface area contributed by atoms with Gasteiger partial charge in [-0.15, -0.1) is 15.2 Å². The van der Waals surface area contributed by atoms with Gasteiger partial charge in [0.05, 0.1) is 32.1 Å². The van der Waals surface area contributed by atoms with Crippen LogP contribution in [-0.4, -0.2) is 134 Å². The lowest BCUT2D eigenvalue weighted by atomic mass is 9.96. The number of imide groups is 3. The predicted molar refractivity (Wildman–Crippen MR) is 128 cm³/mol. The van der Waals surface area contributed by atoms with E-state index < -0.39 is 152 Å². The first kappa shape index (κ1) is 36.0. The second-order valence-corrected chi connectivity index (χ2v) is 14.2. The van der Waals surface area contributed by atoms with Crippen molar-refractivity contribution in [1.29, 1.82) is 0 Å². The fourth-order valence-electron chi connectivity index (χ4n) is 3.85. The molecule has 3 fully saturated rings. The van der Waals surface area contributed by atoms with Crippen molar-refractivity contribution in [3.8, 4) is 0 Å². The van der Waals surface area contributed by atoms with E-state index in [9.17, 15) is 73.5 Å². The molecule has 0 aromatic rings. The van der Waals surface area contributed by atoms with Crippen LogP contribution in [0.3, 0.4) is 0 Å². The molecule has 0 aliphatic carbocycles. The summed E-state index contributed by atoms with van der Waals surface area (Å²) < 4.78 is 94.9. The average molecular weight is 724 g/mol. The van der Waals surface area contributed by atoms with Gasteiger partial charge in [-0.05, 0) is 0 Å². The number of nitrogens with zero attached hydrogens (tertiary/aromatic N) is 3. The van der Waals surface area contributed by atoms with Gasteiger partial charge in [-0.2, -0.15) is 25.3 Å². The maximum atomic E-state index is 12.9. The van der Waals surface area contributed by atoms with Crippen LogP contribution in [0.2, 0.25) is 0 Å². The number of carbonyl (C=O) groups excluding carboxylic acids is 9. The molecule has 0 aromatic heterocycles. The Balaban J connectivity index is 1.87. The van der Waals surface area contributed by atoms with E-state index in [0.717, 1.165) is 0 Å². The van der Waals surface area contributed by atoms with E-state index in [1.54, 1.807) is 0 Å². The van der Waals surface area contributed by atoms with Crippen LogP contribution in [0.4, 0.5) is 0 Å². The highest BCUT2D eigenvalue weighted by molar-refractivity contribution is 7.87. The van der Waals surface area contributed by atoms with Crippen LogP contribution < -0.4 is 0 Å². The third-order valence-electron chi connectivity index (χ3n) is 6.08. The number of hydrogen-bond acceptors (Lipinski definition) is 19. The molecule has 0 bridgehead atoms. The van der Waals surface area contributed by atoms with Crippen molar-refractivity contribution in [2.24, 2.45) is 0 Å². The number of carbonyl (C=O) groups is 9. The Kier molecular flexibility index (Phi) is 9.42. The summed E-state index contributed by atoms with van der Waals surface area (Å²) in [6.07, 6.45) is -7.72. The summed E-state index contributed by atoms with van der Waals surface area (Å²) in [6.45, 7) is 0. The summed E-state index contributed by atoms with van der Waals surface area (Å²) in [6, 6.07) is 0. The zero-order valence-electron chi connectivity index (χ0n) is 22.0. The maximum Gasteiger partial charge on any atom is 0.365 e. The Morgan fingerprint density at radius 1 is 0.587 bits per heavy atom. The van der Waals surface area contributed by atoms with Gasteiger partial charge in [0, 0.05) is 0 Å². The van der Waals surface area contributed by atoms with Gasteiger partial charge in [-0.25, -0.2) is 14.4 Å². The monoisotopic (exact) mass is 723 g/mol. The summed E-state index contributed by atoms with van der Waals surface area (Å²) in [4.78, 5) is 123. The van der Waals surface area contributed by atoms with E-state index in [2.05, 4.69) is 14.5 Å². The fraction of sp³-hybridized carbons (Fsp3) is 0.500. The molecular weight excluding hydrogens is 706 g/mol. The third-order valence-corrected chi connectivity index (χ3v) is 9.34. The Morgan fingerprint density at radius 3 is 1.09 bits per heavy atom. The number of hydrogen-bond donors (Lipinski definition) is 4. The average Bonchev–Trinajstić information content (AvgIpc) is 3.45. The predicted octanol–water partition coefficient (Wildman–Crippen LogP) is -6.08. The summed E-state index contributed by atoms with van der Waals surface area (Å²) in [5.41, 5.74) is -3.78. The molecular formula is C18H17N3O22S3. The second-order valence-electron chi connectivity index (χ2n) is 9.39. The molecule has 0 aromatic carbocycles. The topological polar surface area (TPSA) is 374 Å². The highest BCUT2D eigenvalue weighted by atomic mass is 32.2. The number of aliphatic hydroxyl groups is 1. The Bertz CT molecular complexity index is 1710. The molecule has 3 aliphatic rings. The minimum absolute atomic E-state index is 0.522. The van der Waals surface area contributed by atoms with Gasteiger partial charge in [0.15, 0.2) is 21.4 Å². The van der Waals surface area contributed by atoms with Crippen molar-refractivity contribution in [1.82, 2.24) is 15.2 Å². The quantitative estimate of drug-likeness (QED) is 0.114. The lowest BCUT2D eigenvalue weighted by Gasteiger charge is -2.26. The normalized spacial score (nSPS) is 24.0. The van der Waals surface area contributed by atoms with Crippen LogP contribution in [-0.2, 0) is 88.0 Å². The minimum Gasteiger partial charge on any atom is -0.377 e. The van der Waals surface area contributed by atoms with Crippen LogP contribution in [0, 0.1) is 0 Å². The summed E-state index contributed by atoms with van der Waals surface area (Å²) in [5.74, 6) is -16.9. The molecule has 3 unspecified atom stereocenters. The smallest absolute Gasteiger partial charge is 0.365 e. The highest BCUT2D eigenvalue weighted by Crippen LogP contribution is 2.27. The van der Waals surface area contributed by atoms with Crippen LogP contribution in [0.25, 0.3) is 0 Å². The molecule has 3 rings (SSSR count). The van der Waals surface area contributed by atoms with E-state index in [1.807, 2.05) is 0 Å².